The van der Waals surface area contributed by atoms with Crippen molar-refractivity contribution in [2.75, 3.05) is 25.0 Å². The molecule has 1 saturated heterocycles. The molecule has 0 radical (unpaired) electrons. The number of piperidine rings is 1. The maximum Gasteiger partial charge on any atom is 0.0340 e. The molecule has 0 bridgehead atoms. The smallest absolute Gasteiger partial charge is 0.0340 e. The summed E-state index contributed by atoms with van der Waals surface area (Å²) in [4.78, 5) is 2.57. The molecule has 3 heteroatoms. The fourth-order valence-electron chi connectivity index (χ4n) is 2.68. The van der Waals surface area contributed by atoms with Gasteiger partial charge in [-0.1, -0.05) is 32.9 Å². The summed E-state index contributed by atoms with van der Waals surface area (Å²) in [5.41, 5.74) is 8.63. The van der Waals surface area contributed by atoms with E-state index in [1.54, 1.807) is 0 Å². The van der Waals surface area contributed by atoms with Crippen LogP contribution in [0.4, 0.5) is 5.69 Å². The van der Waals surface area contributed by atoms with Crippen molar-refractivity contribution in [2.45, 2.75) is 46.2 Å². The van der Waals surface area contributed by atoms with Gasteiger partial charge in [-0.05, 0) is 55.5 Å². The van der Waals surface area contributed by atoms with E-state index in [1.807, 2.05) is 0 Å². The van der Waals surface area contributed by atoms with E-state index in [0.29, 0.717) is 5.92 Å². The van der Waals surface area contributed by atoms with Gasteiger partial charge in [0.15, 0.2) is 0 Å². The van der Waals surface area contributed by atoms with Gasteiger partial charge in [-0.25, -0.2) is 0 Å². The third-order valence-corrected chi connectivity index (χ3v) is 4.63. The highest BCUT2D eigenvalue weighted by Gasteiger charge is 2.15. The largest absolute Gasteiger partial charge is 0.383 e. The van der Waals surface area contributed by atoms with Crippen LogP contribution in [0.5, 0.6) is 0 Å². The molecule has 1 aliphatic rings. The monoisotopic (exact) mass is 289 g/mol. The van der Waals surface area contributed by atoms with E-state index < -0.39 is 0 Å². The number of rotatable bonds is 6. The number of nitrogens with two attached hydrogens (primary N) is 1. The zero-order valence-electron chi connectivity index (χ0n) is 13.8. The Morgan fingerprint density at radius 1 is 1.19 bits per heavy atom. The Balaban J connectivity index is 1.79. The third kappa shape index (κ3) is 5.33. The summed E-state index contributed by atoms with van der Waals surface area (Å²) in [5.74, 6) is 1.41. The van der Waals surface area contributed by atoms with Crippen LogP contribution in [-0.4, -0.2) is 30.6 Å². The van der Waals surface area contributed by atoms with Crippen LogP contribution in [0, 0.1) is 11.8 Å². The van der Waals surface area contributed by atoms with Gasteiger partial charge >= 0.3 is 0 Å². The lowest BCUT2D eigenvalue weighted by Crippen LogP contribution is -2.34. The fraction of sp³-hybridized carbons (Fsp3) is 0.667. The number of likely N-dealkylation sites (tertiary alicyclic amines) is 1. The molecule has 1 fully saturated rings. The molecule has 3 nitrogen and oxygen atoms in total. The van der Waals surface area contributed by atoms with Crippen LogP contribution in [0.15, 0.2) is 24.3 Å². The number of hydrogen-bond donors (Lipinski definition) is 2. The minimum Gasteiger partial charge on any atom is -0.383 e. The van der Waals surface area contributed by atoms with Crippen LogP contribution in [0.3, 0.4) is 0 Å². The average Bonchev–Trinajstić information content (AvgIpc) is 2.48. The summed E-state index contributed by atoms with van der Waals surface area (Å²) < 4.78 is 0. The van der Waals surface area contributed by atoms with E-state index in [-0.39, 0.29) is 6.04 Å². The maximum absolute atomic E-state index is 6.06. The zero-order chi connectivity index (χ0) is 15.2. The van der Waals surface area contributed by atoms with Crippen molar-refractivity contribution in [1.29, 1.82) is 0 Å². The normalized spacial score (nSPS) is 18.9. The summed E-state index contributed by atoms with van der Waals surface area (Å²) in [5, 5.41) is 3.42. The second kappa shape index (κ2) is 7.81. The molecule has 1 aromatic rings. The van der Waals surface area contributed by atoms with Crippen molar-refractivity contribution in [3.05, 3.63) is 29.8 Å². The highest BCUT2D eigenvalue weighted by Crippen LogP contribution is 2.19. The zero-order valence-corrected chi connectivity index (χ0v) is 13.8. The lowest BCUT2D eigenvalue weighted by molar-refractivity contribution is 0.185. The van der Waals surface area contributed by atoms with Crippen molar-refractivity contribution in [3.63, 3.8) is 0 Å². The fourth-order valence-corrected chi connectivity index (χ4v) is 2.68. The third-order valence-electron chi connectivity index (χ3n) is 4.63. The Bertz CT molecular complexity index is 405. The number of anilines is 1. The molecular weight excluding hydrogens is 258 g/mol. The SMILES string of the molecule is CC1CCN(Cc2ccc(NCC(N)C(C)C)cc2)CC1. The molecular formula is C18H31N3. The number of hydrogen-bond acceptors (Lipinski definition) is 3. The minimum atomic E-state index is 0.208. The van der Waals surface area contributed by atoms with E-state index in [2.05, 4.69) is 55.3 Å². The lowest BCUT2D eigenvalue weighted by atomic mass is 9.99. The molecule has 0 aliphatic carbocycles. The van der Waals surface area contributed by atoms with Crippen LogP contribution in [0.2, 0.25) is 0 Å². The molecule has 0 amide bonds. The van der Waals surface area contributed by atoms with Crippen molar-refractivity contribution in [2.24, 2.45) is 17.6 Å². The Kier molecular flexibility index (Phi) is 6.07. The molecule has 0 saturated carbocycles. The summed E-state index contributed by atoms with van der Waals surface area (Å²) in [7, 11) is 0. The van der Waals surface area contributed by atoms with Crippen LogP contribution >= 0.6 is 0 Å². The Labute approximate surface area is 129 Å². The van der Waals surface area contributed by atoms with E-state index in [0.717, 1.165) is 19.0 Å². The van der Waals surface area contributed by atoms with Gasteiger partial charge in [0.1, 0.15) is 0 Å². The van der Waals surface area contributed by atoms with Crippen LogP contribution in [0.25, 0.3) is 0 Å². The summed E-state index contributed by atoms with van der Waals surface area (Å²) >= 11 is 0. The number of benzene rings is 1. The Hall–Kier alpha value is -1.06. The first-order valence-corrected chi connectivity index (χ1v) is 8.35. The molecule has 1 unspecified atom stereocenters. The molecule has 1 heterocycles. The first kappa shape index (κ1) is 16.3. The van der Waals surface area contributed by atoms with Gasteiger partial charge in [-0.2, -0.15) is 0 Å². The highest BCUT2D eigenvalue weighted by molar-refractivity contribution is 5.44. The average molecular weight is 289 g/mol. The van der Waals surface area contributed by atoms with Crippen molar-refractivity contribution in [1.82, 2.24) is 4.90 Å². The first-order chi connectivity index (χ1) is 10.0. The van der Waals surface area contributed by atoms with Gasteiger partial charge in [-0.15, -0.1) is 0 Å². The van der Waals surface area contributed by atoms with E-state index in [9.17, 15) is 0 Å². The second-order valence-corrected chi connectivity index (χ2v) is 6.94. The lowest BCUT2D eigenvalue weighted by Gasteiger charge is -2.30. The van der Waals surface area contributed by atoms with Crippen LogP contribution in [-0.2, 0) is 6.54 Å². The van der Waals surface area contributed by atoms with E-state index >= 15 is 0 Å². The quantitative estimate of drug-likeness (QED) is 0.844. The molecule has 21 heavy (non-hydrogen) atoms. The van der Waals surface area contributed by atoms with Gasteiger partial charge in [0, 0.05) is 24.8 Å². The molecule has 3 N–H and O–H groups in total. The molecule has 0 spiro atoms. The topological polar surface area (TPSA) is 41.3 Å². The van der Waals surface area contributed by atoms with Gasteiger partial charge in [-0.3, -0.25) is 4.90 Å². The standard InChI is InChI=1S/C18H31N3/c1-14(2)18(19)12-20-17-6-4-16(5-7-17)13-21-10-8-15(3)9-11-21/h4-7,14-15,18,20H,8-13,19H2,1-3H3. The van der Waals surface area contributed by atoms with Crippen molar-refractivity contribution < 1.29 is 0 Å². The van der Waals surface area contributed by atoms with E-state index in [1.165, 1.54) is 37.2 Å². The molecule has 1 aromatic carbocycles. The Morgan fingerprint density at radius 3 is 2.38 bits per heavy atom. The highest BCUT2D eigenvalue weighted by atomic mass is 15.1. The molecule has 2 rings (SSSR count). The summed E-state index contributed by atoms with van der Waals surface area (Å²) in [6, 6.07) is 9.03. The minimum absolute atomic E-state index is 0.208. The second-order valence-electron chi connectivity index (χ2n) is 6.94. The van der Waals surface area contributed by atoms with Gasteiger partial charge in [0.2, 0.25) is 0 Å². The van der Waals surface area contributed by atoms with Crippen LogP contribution < -0.4 is 11.1 Å². The Morgan fingerprint density at radius 2 is 1.81 bits per heavy atom. The van der Waals surface area contributed by atoms with Crippen molar-refractivity contribution >= 4 is 5.69 Å². The predicted molar refractivity (Wildman–Crippen MR) is 91.4 cm³/mol. The van der Waals surface area contributed by atoms with Crippen LogP contribution in [0.1, 0.15) is 39.2 Å². The predicted octanol–water partition coefficient (Wildman–Crippen LogP) is 3.31. The summed E-state index contributed by atoms with van der Waals surface area (Å²) in [6.45, 7) is 11.1. The molecule has 1 atom stereocenters. The van der Waals surface area contributed by atoms with E-state index in [4.69, 9.17) is 5.73 Å². The molecule has 1 aliphatic heterocycles. The van der Waals surface area contributed by atoms with Gasteiger partial charge in [0.25, 0.3) is 0 Å². The molecule has 0 aromatic heterocycles. The number of nitrogens with one attached hydrogen (secondary N) is 1. The maximum atomic E-state index is 6.06. The summed E-state index contributed by atoms with van der Waals surface area (Å²) in [6.07, 6.45) is 2.68. The first-order valence-electron chi connectivity index (χ1n) is 8.35. The number of nitrogens with zero attached hydrogens (tertiary/aromatic N) is 1. The molecule has 118 valence electrons. The van der Waals surface area contributed by atoms with Crippen molar-refractivity contribution in [3.8, 4) is 0 Å². The van der Waals surface area contributed by atoms with Gasteiger partial charge < -0.3 is 11.1 Å². The van der Waals surface area contributed by atoms with Gasteiger partial charge in [0.05, 0.1) is 0 Å².